The highest BCUT2D eigenvalue weighted by Crippen LogP contribution is 2.18. The number of aliphatic hydroxyl groups excluding tert-OH is 1. The van der Waals surface area contributed by atoms with Gasteiger partial charge in [-0.05, 0) is 11.5 Å². The van der Waals surface area contributed by atoms with Gasteiger partial charge in [0, 0.05) is 0 Å². The van der Waals surface area contributed by atoms with Crippen molar-refractivity contribution in [3.8, 4) is 0 Å². The second kappa shape index (κ2) is 4.34. The van der Waals surface area contributed by atoms with E-state index < -0.39 is 35.6 Å². The van der Waals surface area contributed by atoms with Crippen LogP contribution in [0.2, 0.25) is 0 Å². The van der Waals surface area contributed by atoms with Crippen LogP contribution < -0.4 is 5.46 Å². The zero-order valence-electron chi connectivity index (χ0n) is 7.42. The number of hydrogen-bond acceptors (Lipinski definition) is 5. The molecule has 3 N–H and O–H groups in total. The van der Waals surface area contributed by atoms with Crippen LogP contribution >= 0.6 is 0 Å². The molecule has 1 rings (SSSR count). The van der Waals surface area contributed by atoms with Gasteiger partial charge in [0.2, 0.25) is 0 Å². The van der Waals surface area contributed by atoms with Crippen molar-refractivity contribution in [1.29, 1.82) is 0 Å². The smallest absolute Gasteiger partial charge is 0.423 e. The number of rotatable bonds is 3. The van der Waals surface area contributed by atoms with Crippen LogP contribution in [0.5, 0.6) is 0 Å². The van der Waals surface area contributed by atoms with E-state index in [4.69, 9.17) is 15.2 Å². The fourth-order valence-electron chi connectivity index (χ4n) is 1.21. The van der Waals surface area contributed by atoms with Crippen molar-refractivity contribution in [2.75, 3.05) is 0 Å². The molecule has 0 spiro atoms. The quantitative estimate of drug-likeness (QED) is 0.337. The molecule has 6 nitrogen and oxygen atoms in total. The van der Waals surface area contributed by atoms with Crippen molar-refractivity contribution in [3.63, 3.8) is 0 Å². The Labute approximate surface area is 83.9 Å². The lowest BCUT2D eigenvalue weighted by molar-refractivity contribution is -0.386. The van der Waals surface area contributed by atoms with E-state index in [0.717, 1.165) is 6.07 Å². The summed E-state index contributed by atoms with van der Waals surface area (Å²) in [6.45, 7) is -0.774. The van der Waals surface area contributed by atoms with E-state index in [1.165, 1.54) is 0 Å². The van der Waals surface area contributed by atoms with Gasteiger partial charge in [0.05, 0.1) is 23.2 Å². The van der Waals surface area contributed by atoms with Crippen molar-refractivity contribution in [2.24, 2.45) is 0 Å². The summed E-state index contributed by atoms with van der Waals surface area (Å²) < 4.78 is 12.9. The summed E-state index contributed by atoms with van der Waals surface area (Å²) in [5, 5.41) is 37.0. The average molecular weight is 215 g/mol. The third-order valence-electron chi connectivity index (χ3n) is 1.86. The molecule has 0 aliphatic carbocycles. The molecule has 0 saturated carbocycles. The highest BCUT2D eigenvalue weighted by Gasteiger charge is 2.25. The molecule has 0 aliphatic rings. The maximum Gasteiger partial charge on any atom is 0.489 e. The van der Waals surface area contributed by atoms with Crippen molar-refractivity contribution in [1.82, 2.24) is 0 Å². The molecule has 0 amide bonds. The summed E-state index contributed by atoms with van der Waals surface area (Å²) in [6, 6.07) is 1.33. The molecule has 80 valence electrons. The van der Waals surface area contributed by atoms with Gasteiger partial charge in [-0.15, -0.1) is 0 Å². The zero-order chi connectivity index (χ0) is 11.6. The van der Waals surface area contributed by atoms with Crippen LogP contribution in [0.15, 0.2) is 12.1 Å². The Balaban J connectivity index is 3.45. The number of nitrogens with zero attached hydrogens (tertiary/aromatic N) is 1. The van der Waals surface area contributed by atoms with Crippen LogP contribution in [0.4, 0.5) is 10.1 Å². The lowest BCUT2D eigenvalue weighted by Crippen LogP contribution is -2.34. The first-order chi connectivity index (χ1) is 6.97. The molecular formula is C7H7BFNO5. The van der Waals surface area contributed by atoms with Crippen LogP contribution in [0.1, 0.15) is 5.56 Å². The number of aliphatic hydroxyl groups is 1. The fraction of sp³-hybridized carbons (Fsp3) is 0.143. The standard InChI is InChI=1S/C7H7BFNO5/c9-4-1-6(8(12)13)5(3-11)7(2-4)10(14)15/h1-2,11-13H,3H2. The van der Waals surface area contributed by atoms with Crippen molar-refractivity contribution >= 4 is 18.3 Å². The third-order valence-corrected chi connectivity index (χ3v) is 1.86. The van der Waals surface area contributed by atoms with E-state index in [1.807, 2.05) is 0 Å². The van der Waals surface area contributed by atoms with E-state index in [9.17, 15) is 14.5 Å². The molecule has 0 aliphatic heterocycles. The second-order valence-electron chi connectivity index (χ2n) is 2.78. The summed E-state index contributed by atoms with van der Waals surface area (Å²) in [5.41, 5.74) is -1.40. The minimum atomic E-state index is -2.07. The van der Waals surface area contributed by atoms with Crippen LogP contribution in [0.25, 0.3) is 0 Å². The molecule has 8 heteroatoms. The SMILES string of the molecule is O=[N+]([O-])c1cc(F)cc(B(O)O)c1CO. The van der Waals surface area contributed by atoms with Gasteiger partial charge in [-0.25, -0.2) is 4.39 Å². The van der Waals surface area contributed by atoms with Gasteiger partial charge in [-0.3, -0.25) is 10.1 Å². The van der Waals surface area contributed by atoms with E-state index in [2.05, 4.69) is 0 Å². The molecule has 1 aromatic carbocycles. The molecule has 0 atom stereocenters. The number of benzene rings is 1. The number of halogens is 1. The van der Waals surface area contributed by atoms with E-state index in [1.54, 1.807) is 0 Å². The number of nitro benzene ring substituents is 1. The minimum Gasteiger partial charge on any atom is -0.423 e. The van der Waals surface area contributed by atoms with E-state index in [0.29, 0.717) is 6.07 Å². The Bertz CT molecular complexity index is 397. The van der Waals surface area contributed by atoms with Crippen LogP contribution in [-0.4, -0.2) is 27.2 Å². The first kappa shape index (κ1) is 11.6. The summed E-state index contributed by atoms with van der Waals surface area (Å²) in [7, 11) is -2.07. The van der Waals surface area contributed by atoms with Crippen LogP contribution in [-0.2, 0) is 6.61 Å². The highest BCUT2D eigenvalue weighted by molar-refractivity contribution is 6.59. The molecular weight excluding hydrogens is 208 g/mol. The average Bonchev–Trinajstić information content (AvgIpc) is 2.16. The van der Waals surface area contributed by atoms with Gasteiger partial charge >= 0.3 is 7.12 Å². The normalized spacial score (nSPS) is 10.1. The summed E-state index contributed by atoms with van der Waals surface area (Å²) in [4.78, 5) is 9.57. The number of hydrogen-bond donors (Lipinski definition) is 3. The molecule has 15 heavy (non-hydrogen) atoms. The molecule has 1 aromatic rings. The molecule has 0 saturated heterocycles. The lowest BCUT2D eigenvalue weighted by Gasteiger charge is -2.06. The number of nitro groups is 1. The van der Waals surface area contributed by atoms with Gasteiger partial charge in [0.1, 0.15) is 5.82 Å². The Hall–Kier alpha value is -1.51. The van der Waals surface area contributed by atoms with Crippen molar-refractivity contribution in [2.45, 2.75) is 6.61 Å². The first-order valence-corrected chi connectivity index (χ1v) is 3.91. The van der Waals surface area contributed by atoms with Gasteiger partial charge in [-0.1, -0.05) is 0 Å². The van der Waals surface area contributed by atoms with Crippen molar-refractivity contribution < 1.29 is 24.5 Å². The van der Waals surface area contributed by atoms with Gasteiger partial charge in [0.25, 0.3) is 5.69 Å². The molecule has 0 radical (unpaired) electrons. The van der Waals surface area contributed by atoms with E-state index in [-0.39, 0.29) is 5.56 Å². The molecule has 0 aromatic heterocycles. The maximum absolute atomic E-state index is 12.9. The first-order valence-electron chi connectivity index (χ1n) is 3.91. The molecule has 0 unspecified atom stereocenters. The lowest BCUT2D eigenvalue weighted by atomic mass is 9.76. The van der Waals surface area contributed by atoms with E-state index >= 15 is 0 Å². The minimum absolute atomic E-state index is 0.309. The van der Waals surface area contributed by atoms with Crippen molar-refractivity contribution in [3.05, 3.63) is 33.6 Å². The largest absolute Gasteiger partial charge is 0.489 e. The Morgan fingerprint density at radius 2 is 2.07 bits per heavy atom. The summed E-state index contributed by atoms with van der Waals surface area (Å²) >= 11 is 0. The second-order valence-corrected chi connectivity index (χ2v) is 2.78. The summed E-state index contributed by atoms with van der Waals surface area (Å²) in [6.07, 6.45) is 0. The van der Waals surface area contributed by atoms with Gasteiger partial charge < -0.3 is 15.2 Å². The van der Waals surface area contributed by atoms with Gasteiger partial charge in [-0.2, -0.15) is 0 Å². The predicted molar refractivity (Wildman–Crippen MR) is 48.8 cm³/mol. The van der Waals surface area contributed by atoms with Crippen LogP contribution in [0, 0.1) is 15.9 Å². The Morgan fingerprint density at radius 3 is 2.47 bits per heavy atom. The topological polar surface area (TPSA) is 104 Å². The molecule has 0 fully saturated rings. The fourth-order valence-corrected chi connectivity index (χ4v) is 1.21. The zero-order valence-corrected chi connectivity index (χ0v) is 7.42. The monoisotopic (exact) mass is 215 g/mol. The predicted octanol–water partition coefficient (Wildman–Crippen LogP) is -1.09. The van der Waals surface area contributed by atoms with Gasteiger partial charge in [0.15, 0.2) is 0 Å². The van der Waals surface area contributed by atoms with Crippen LogP contribution in [0.3, 0.4) is 0 Å². The third kappa shape index (κ3) is 2.29. The maximum atomic E-state index is 12.9. The Morgan fingerprint density at radius 1 is 1.47 bits per heavy atom. The molecule has 0 heterocycles. The molecule has 0 bridgehead atoms. The Kier molecular flexibility index (Phi) is 3.35. The highest BCUT2D eigenvalue weighted by atomic mass is 19.1. The summed E-state index contributed by atoms with van der Waals surface area (Å²) in [5.74, 6) is -0.970.